The van der Waals surface area contributed by atoms with Gasteiger partial charge in [0.05, 0.1) is 6.20 Å². The molecule has 0 unspecified atom stereocenters. The molecule has 1 aromatic heterocycles. The second-order valence-electron chi connectivity index (χ2n) is 2.66. The zero-order valence-electron chi connectivity index (χ0n) is 6.73. The van der Waals surface area contributed by atoms with Crippen molar-refractivity contribution >= 4 is 23.2 Å². The van der Waals surface area contributed by atoms with Gasteiger partial charge < -0.3 is 0 Å². The van der Waals surface area contributed by atoms with E-state index in [0.717, 1.165) is 11.3 Å². The zero-order chi connectivity index (χ0) is 8.65. The first-order valence-corrected chi connectivity index (χ1v) is 4.05. The van der Waals surface area contributed by atoms with Crippen LogP contribution in [0.5, 0.6) is 0 Å². The predicted octanol–water partition coefficient (Wildman–Crippen LogP) is 2.38. The van der Waals surface area contributed by atoms with Crippen LogP contribution in [0.25, 0.3) is 0 Å². The van der Waals surface area contributed by atoms with Crippen LogP contribution in [0, 0.1) is 6.92 Å². The van der Waals surface area contributed by atoms with Gasteiger partial charge in [-0.15, -0.1) is 0 Å². The van der Waals surface area contributed by atoms with Gasteiger partial charge >= 0.3 is 0 Å². The molecule has 4 heteroatoms. The van der Waals surface area contributed by atoms with E-state index < -0.39 is 4.33 Å². The van der Waals surface area contributed by atoms with Crippen molar-refractivity contribution in [1.29, 1.82) is 0 Å². The Morgan fingerprint density at radius 2 is 2.09 bits per heavy atom. The Bertz CT molecular complexity index is 260. The summed E-state index contributed by atoms with van der Waals surface area (Å²) in [6.45, 7) is 3.67. The highest BCUT2D eigenvalue weighted by Gasteiger charge is 2.23. The van der Waals surface area contributed by atoms with Gasteiger partial charge in [0.25, 0.3) is 0 Å². The van der Waals surface area contributed by atoms with Gasteiger partial charge in [-0.05, 0) is 13.8 Å². The van der Waals surface area contributed by atoms with Gasteiger partial charge in [0, 0.05) is 18.3 Å². The third-order valence-corrected chi connectivity index (χ3v) is 2.12. The molecule has 0 saturated heterocycles. The Labute approximate surface area is 76.1 Å². The first-order chi connectivity index (χ1) is 4.93. The van der Waals surface area contributed by atoms with Gasteiger partial charge in [-0.3, -0.25) is 4.68 Å². The Hall–Kier alpha value is -0.210. The van der Waals surface area contributed by atoms with E-state index in [1.54, 1.807) is 17.8 Å². The molecule has 0 N–H and O–H groups in total. The summed E-state index contributed by atoms with van der Waals surface area (Å²) in [6, 6.07) is 0. The van der Waals surface area contributed by atoms with Gasteiger partial charge in [0.2, 0.25) is 0 Å². The highest BCUT2D eigenvalue weighted by molar-refractivity contribution is 6.47. The molecule has 1 heterocycles. The molecule has 0 amide bonds. The van der Waals surface area contributed by atoms with E-state index >= 15 is 0 Å². The highest BCUT2D eigenvalue weighted by atomic mass is 35.5. The number of halogens is 2. The van der Waals surface area contributed by atoms with Gasteiger partial charge in [-0.2, -0.15) is 5.10 Å². The van der Waals surface area contributed by atoms with Crippen LogP contribution in [0.2, 0.25) is 0 Å². The standard InChI is InChI=1S/C7H10Cl2N2/c1-5-6(7(2,8)9)4-10-11(5)3/h4H,1-3H3. The summed E-state index contributed by atoms with van der Waals surface area (Å²) in [7, 11) is 1.86. The molecule has 0 radical (unpaired) electrons. The molecule has 0 spiro atoms. The summed E-state index contributed by atoms with van der Waals surface area (Å²) in [5, 5.41) is 4.03. The SMILES string of the molecule is Cc1c(C(C)(Cl)Cl)cnn1C. The average molecular weight is 193 g/mol. The van der Waals surface area contributed by atoms with Crippen molar-refractivity contribution in [2.24, 2.45) is 7.05 Å². The van der Waals surface area contributed by atoms with E-state index in [4.69, 9.17) is 23.2 Å². The van der Waals surface area contributed by atoms with Crippen molar-refractivity contribution in [3.63, 3.8) is 0 Å². The molecule has 0 fully saturated rings. The second kappa shape index (κ2) is 2.68. The molecule has 0 aliphatic heterocycles. The molecular formula is C7H10Cl2N2. The van der Waals surface area contributed by atoms with E-state index in [9.17, 15) is 0 Å². The fourth-order valence-corrected chi connectivity index (χ4v) is 1.30. The minimum absolute atomic E-state index is 0.835. The van der Waals surface area contributed by atoms with Crippen LogP contribution in [-0.4, -0.2) is 9.78 Å². The zero-order valence-corrected chi connectivity index (χ0v) is 8.24. The summed E-state index contributed by atoms with van der Waals surface area (Å²) in [4.78, 5) is 0. The lowest BCUT2D eigenvalue weighted by Crippen LogP contribution is -2.05. The number of hydrogen-bond donors (Lipinski definition) is 0. The smallest absolute Gasteiger partial charge is 0.143 e. The van der Waals surface area contributed by atoms with Crippen LogP contribution in [0.1, 0.15) is 18.2 Å². The molecule has 62 valence electrons. The Balaban J connectivity index is 3.15. The number of aryl methyl sites for hydroxylation is 1. The molecule has 0 saturated carbocycles. The van der Waals surface area contributed by atoms with E-state index in [1.165, 1.54) is 0 Å². The maximum atomic E-state index is 5.89. The summed E-state index contributed by atoms with van der Waals surface area (Å²) >= 11 is 11.8. The van der Waals surface area contributed by atoms with Gasteiger partial charge in [-0.25, -0.2) is 0 Å². The molecule has 2 nitrogen and oxygen atoms in total. The number of rotatable bonds is 1. The van der Waals surface area contributed by atoms with Crippen LogP contribution >= 0.6 is 23.2 Å². The fraction of sp³-hybridized carbons (Fsp3) is 0.571. The van der Waals surface area contributed by atoms with E-state index in [0.29, 0.717) is 0 Å². The largest absolute Gasteiger partial charge is 0.273 e. The van der Waals surface area contributed by atoms with Gasteiger partial charge in [-0.1, -0.05) is 23.2 Å². The lowest BCUT2D eigenvalue weighted by molar-refractivity contribution is 0.736. The fourth-order valence-electron chi connectivity index (χ4n) is 0.930. The molecule has 0 aliphatic carbocycles. The van der Waals surface area contributed by atoms with E-state index in [2.05, 4.69) is 5.10 Å². The second-order valence-corrected chi connectivity index (χ2v) is 4.36. The maximum Gasteiger partial charge on any atom is 0.143 e. The summed E-state index contributed by atoms with van der Waals surface area (Å²) in [5.41, 5.74) is 1.86. The lowest BCUT2D eigenvalue weighted by atomic mass is 10.2. The Morgan fingerprint density at radius 3 is 2.27 bits per heavy atom. The first-order valence-electron chi connectivity index (χ1n) is 3.30. The van der Waals surface area contributed by atoms with Crippen molar-refractivity contribution < 1.29 is 0 Å². The van der Waals surface area contributed by atoms with Gasteiger partial charge in [0.15, 0.2) is 0 Å². The number of alkyl halides is 2. The third kappa shape index (κ3) is 1.68. The van der Waals surface area contributed by atoms with Crippen LogP contribution in [0.4, 0.5) is 0 Å². The number of nitrogens with zero attached hydrogens (tertiary/aromatic N) is 2. The summed E-state index contributed by atoms with van der Waals surface area (Å²) < 4.78 is 0.913. The molecule has 0 bridgehead atoms. The van der Waals surface area contributed by atoms with Crippen molar-refractivity contribution in [2.75, 3.05) is 0 Å². The quantitative estimate of drug-likeness (QED) is 0.626. The Morgan fingerprint density at radius 1 is 1.55 bits per heavy atom. The molecule has 1 aromatic rings. The third-order valence-electron chi connectivity index (χ3n) is 1.71. The molecular weight excluding hydrogens is 183 g/mol. The molecule has 0 aliphatic rings. The first kappa shape index (κ1) is 8.88. The molecule has 1 rings (SSSR count). The topological polar surface area (TPSA) is 17.8 Å². The van der Waals surface area contributed by atoms with Crippen LogP contribution in [0.15, 0.2) is 6.20 Å². The van der Waals surface area contributed by atoms with E-state index in [1.807, 2.05) is 14.0 Å². The van der Waals surface area contributed by atoms with Crippen molar-refractivity contribution in [3.05, 3.63) is 17.5 Å². The summed E-state index contributed by atoms with van der Waals surface area (Å²) in [5.74, 6) is 0. The molecule has 0 aromatic carbocycles. The number of hydrogen-bond acceptors (Lipinski definition) is 1. The minimum Gasteiger partial charge on any atom is -0.273 e. The average Bonchev–Trinajstić information content (AvgIpc) is 2.11. The maximum absolute atomic E-state index is 5.89. The summed E-state index contributed by atoms with van der Waals surface area (Å²) in [6.07, 6.45) is 1.69. The monoisotopic (exact) mass is 192 g/mol. The lowest BCUT2D eigenvalue weighted by Gasteiger charge is -2.11. The highest BCUT2D eigenvalue weighted by Crippen LogP contribution is 2.34. The van der Waals surface area contributed by atoms with Crippen molar-refractivity contribution in [1.82, 2.24) is 9.78 Å². The minimum atomic E-state index is -0.835. The van der Waals surface area contributed by atoms with Crippen molar-refractivity contribution in [2.45, 2.75) is 18.2 Å². The molecule has 11 heavy (non-hydrogen) atoms. The van der Waals surface area contributed by atoms with Crippen LogP contribution in [0.3, 0.4) is 0 Å². The molecule has 0 atom stereocenters. The predicted molar refractivity (Wildman–Crippen MR) is 47.0 cm³/mol. The normalized spacial score (nSPS) is 12.1. The van der Waals surface area contributed by atoms with Gasteiger partial charge in [0.1, 0.15) is 4.33 Å². The van der Waals surface area contributed by atoms with Crippen LogP contribution in [-0.2, 0) is 11.4 Å². The van der Waals surface area contributed by atoms with Crippen molar-refractivity contribution in [3.8, 4) is 0 Å². The van der Waals surface area contributed by atoms with Crippen LogP contribution < -0.4 is 0 Å². The van der Waals surface area contributed by atoms with E-state index in [-0.39, 0.29) is 0 Å². The number of aromatic nitrogens is 2. The Kier molecular flexibility index (Phi) is 2.17.